The van der Waals surface area contributed by atoms with Crippen molar-refractivity contribution in [2.75, 3.05) is 26.2 Å². The van der Waals surface area contributed by atoms with Crippen LogP contribution in [0.1, 0.15) is 65.7 Å². The molecule has 0 aliphatic carbocycles. The lowest BCUT2D eigenvalue weighted by molar-refractivity contribution is -0.197. The molecule has 174 valence electrons. The number of carbonyl (C=O) groups excluding carboxylic acids is 5. The molecule has 31 heavy (non-hydrogen) atoms. The maximum Gasteiger partial charge on any atom is 0.334 e. The van der Waals surface area contributed by atoms with E-state index in [2.05, 4.69) is 22.5 Å². The van der Waals surface area contributed by atoms with Crippen molar-refractivity contribution in [2.45, 2.75) is 71.8 Å². The molecule has 0 aromatic rings. The Balaban J connectivity index is 1.61. The summed E-state index contributed by atoms with van der Waals surface area (Å²) < 4.78 is 0. The number of imide groups is 1. The third-order valence-corrected chi connectivity index (χ3v) is 5.67. The van der Waals surface area contributed by atoms with E-state index in [0.717, 1.165) is 19.4 Å². The van der Waals surface area contributed by atoms with Crippen molar-refractivity contribution in [3.05, 3.63) is 0 Å². The quantitative estimate of drug-likeness (QED) is 0.450. The fourth-order valence-electron chi connectivity index (χ4n) is 3.87. The molecule has 2 aliphatic heterocycles. The molecule has 2 N–H and O–H groups in total. The lowest BCUT2D eigenvalue weighted by atomic mass is 9.91. The predicted molar refractivity (Wildman–Crippen MR) is 111 cm³/mol. The van der Waals surface area contributed by atoms with Gasteiger partial charge in [0.25, 0.3) is 11.8 Å². The van der Waals surface area contributed by atoms with E-state index >= 15 is 0 Å². The van der Waals surface area contributed by atoms with Gasteiger partial charge in [0.1, 0.15) is 0 Å². The Morgan fingerprint density at radius 2 is 1.71 bits per heavy atom. The molecule has 0 saturated carbocycles. The average Bonchev–Trinajstić information content (AvgIpc) is 3.28. The van der Waals surface area contributed by atoms with Crippen LogP contribution in [0.15, 0.2) is 0 Å². The van der Waals surface area contributed by atoms with E-state index in [0.29, 0.717) is 17.6 Å². The van der Waals surface area contributed by atoms with Gasteiger partial charge in [-0.15, -0.1) is 5.06 Å². The molecule has 2 heterocycles. The van der Waals surface area contributed by atoms with E-state index in [1.165, 1.54) is 6.42 Å². The number of amides is 4. The normalized spacial score (nSPS) is 19.6. The molecule has 2 aliphatic rings. The average molecular weight is 439 g/mol. The van der Waals surface area contributed by atoms with Gasteiger partial charge in [0, 0.05) is 44.9 Å². The number of likely N-dealkylation sites (tertiary alicyclic amines) is 1. The maximum atomic E-state index is 12.6. The SMILES string of the molecule is CCC1CCCN1CC(C)(C)C(=O)NCCC(=O)NCCC(=O)ON1C(=O)CCC1=O. The van der Waals surface area contributed by atoms with Gasteiger partial charge in [0.15, 0.2) is 0 Å². The molecule has 4 amide bonds. The summed E-state index contributed by atoms with van der Waals surface area (Å²) >= 11 is 0. The summed E-state index contributed by atoms with van der Waals surface area (Å²) in [6.07, 6.45) is 3.39. The Morgan fingerprint density at radius 1 is 1.06 bits per heavy atom. The molecule has 10 heteroatoms. The van der Waals surface area contributed by atoms with Crippen LogP contribution in [0.25, 0.3) is 0 Å². The second-order valence-electron chi connectivity index (χ2n) is 8.71. The first-order chi connectivity index (χ1) is 14.6. The van der Waals surface area contributed by atoms with Crippen LogP contribution in [0, 0.1) is 5.41 Å². The summed E-state index contributed by atoms with van der Waals surface area (Å²) in [5.74, 6) is -2.27. The van der Waals surface area contributed by atoms with Crippen LogP contribution in [-0.2, 0) is 28.8 Å². The molecular formula is C21H34N4O6. The molecule has 10 nitrogen and oxygen atoms in total. The van der Waals surface area contributed by atoms with Gasteiger partial charge in [0.2, 0.25) is 11.8 Å². The highest BCUT2D eigenvalue weighted by atomic mass is 16.7. The van der Waals surface area contributed by atoms with Crippen molar-refractivity contribution in [1.82, 2.24) is 20.6 Å². The fraction of sp³-hybridized carbons (Fsp3) is 0.762. The van der Waals surface area contributed by atoms with Crippen LogP contribution in [0.4, 0.5) is 0 Å². The minimum atomic E-state index is -0.772. The molecular weight excluding hydrogens is 404 g/mol. The summed E-state index contributed by atoms with van der Waals surface area (Å²) in [5.41, 5.74) is -0.553. The summed E-state index contributed by atoms with van der Waals surface area (Å²) in [4.78, 5) is 66.1. The first-order valence-corrected chi connectivity index (χ1v) is 11.0. The van der Waals surface area contributed by atoms with Crippen LogP contribution in [0.2, 0.25) is 0 Å². The fourth-order valence-corrected chi connectivity index (χ4v) is 3.87. The molecule has 0 spiro atoms. The van der Waals surface area contributed by atoms with E-state index in [1.54, 1.807) is 0 Å². The number of nitrogens with one attached hydrogen (secondary N) is 2. The number of carbonyl (C=O) groups is 5. The van der Waals surface area contributed by atoms with Crippen molar-refractivity contribution < 1.29 is 28.8 Å². The van der Waals surface area contributed by atoms with Gasteiger partial charge in [0.05, 0.1) is 11.8 Å². The van der Waals surface area contributed by atoms with Gasteiger partial charge in [-0.3, -0.25) is 24.1 Å². The van der Waals surface area contributed by atoms with Crippen LogP contribution < -0.4 is 10.6 Å². The Morgan fingerprint density at radius 3 is 2.35 bits per heavy atom. The van der Waals surface area contributed by atoms with Crippen LogP contribution in [-0.4, -0.2) is 71.8 Å². The van der Waals surface area contributed by atoms with Crippen LogP contribution in [0.3, 0.4) is 0 Å². The van der Waals surface area contributed by atoms with Gasteiger partial charge in [-0.2, -0.15) is 0 Å². The lowest BCUT2D eigenvalue weighted by Gasteiger charge is -2.32. The molecule has 2 fully saturated rings. The van der Waals surface area contributed by atoms with Gasteiger partial charge < -0.3 is 15.5 Å². The van der Waals surface area contributed by atoms with Crippen molar-refractivity contribution in [3.8, 4) is 0 Å². The Bertz CT molecular complexity index is 692. The Labute approximate surface area is 183 Å². The number of rotatable bonds is 11. The first kappa shape index (κ1) is 24.8. The zero-order valence-electron chi connectivity index (χ0n) is 18.7. The molecule has 0 radical (unpaired) electrons. The van der Waals surface area contributed by atoms with Gasteiger partial charge in [-0.05, 0) is 39.7 Å². The standard InChI is InChI=1S/C21H34N4O6/c1-4-15-6-5-13-24(15)14-21(2,3)20(30)23-11-9-16(26)22-12-10-19(29)31-25-17(27)7-8-18(25)28/h15H,4-14H2,1-3H3,(H,22,26)(H,23,30). The molecule has 2 saturated heterocycles. The van der Waals surface area contributed by atoms with Crippen molar-refractivity contribution in [1.29, 1.82) is 0 Å². The second kappa shape index (κ2) is 11.2. The Kier molecular flexibility index (Phi) is 8.97. The van der Waals surface area contributed by atoms with E-state index in [1.807, 2.05) is 13.8 Å². The molecule has 1 unspecified atom stereocenters. The van der Waals surface area contributed by atoms with E-state index < -0.39 is 23.2 Å². The molecule has 0 aromatic carbocycles. The molecule has 0 bridgehead atoms. The summed E-state index contributed by atoms with van der Waals surface area (Å²) in [6.45, 7) is 7.91. The van der Waals surface area contributed by atoms with Crippen molar-refractivity contribution >= 4 is 29.6 Å². The highest BCUT2D eigenvalue weighted by Gasteiger charge is 2.34. The monoisotopic (exact) mass is 438 g/mol. The van der Waals surface area contributed by atoms with Crippen molar-refractivity contribution in [3.63, 3.8) is 0 Å². The second-order valence-corrected chi connectivity index (χ2v) is 8.71. The topological polar surface area (TPSA) is 125 Å². The zero-order valence-corrected chi connectivity index (χ0v) is 18.7. The minimum Gasteiger partial charge on any atom is -0.355 e. The first-order valence-electron chi connectivity index (χ1n) is 11.0. The van der Waals surface area contributed by atoms with E-state index in [4.69, 9.17) is 4.84 Å². The highest BCUT2D eigenvalue weighted by Crippen LogP contribution is 2.26. The van der Waals surface area contributed by atoms with Crippen LogP contribution >= 0.6 is 0 Å². The summed E-state index contributed by atoms with van der Waals surface area (Å²) in [7, 11) is 0. The summed E-state index contributed by atoms with van der Waals surface area (Å²) in [5, 5.41) is 5.85. The molecule has 1 atom stereocenters. The molecule has 2 rings (SSSR count). The largest absolute Gasteiger partial charge is 0.355 e. The number of hydrogen-bond acceptors (Lipinski definition) is 7. The summed E-state index contributed by atoms with van der Waals surface area (Å²) in [6, 6.07) is 0.534. The lowest BCUT2D eigenvalue weighted by Crippen LogP contribution is -2.46. The third kappa shape index (κ3) is 7.30. The highest BCUT2D eigenvalue weighted by molar-refractivity contribution is 6.01. The molecule has 0 aromatic heterocycles. The number of hydrogen-bond donors (Lipinski definition) is 2. The van der Waals surface area contributed by atoms with Gasteiger partial charge in [-0.1, -0.05) is 6.92 Å². The van der Waals surface area contributed by atoms with E-state index in [-0.39, 0.29) is 50.6 Å². The zero-order chi connectivity index (χ0) is 23.0. The number of nitrogens with zero attached hydrogens (tertiary/aromatic N) is 2. The van der Waals surface area contributed by atoms with Crippen molar-refractivity contribution in [2.24, 2.45) is 5.41 Å². The smallest absolute Gasteiger partial charge is 0.334 e. The third-order valence-electron chi connectivity index (χ3n) is 5.67. The Hall–Kier alpha value is -2.49. The van der Waals surface area contributed by atoms with E-state index in [9.17, 15) is 24.0 Å². The minimum absolute atomic E-state index is 0.0146. The maximum absolute atomic E-state index is 12.6. The van der Waals surface area contributed by atoms with Gasteiger partial charge in [-0.25, -0.2) is 4.79 Å². The number of hydroxylamine groups is 2. The van der Waals surface area contributed by atoms with Crippen LogP contribution in [0.5, 0.6) is 0 Å². The van der Waals surface area contributed by atoms with Gasteiger partial charge >= 0.3 is 5.97 Å². The predicted octanol–water partition coefficient (Wildman–Crippen LogP) is 0.507.